The molecule has 2 saturated heterocycles. The van der Waals surface area contributed by atoms with Crippen molar-refractivity contribution in [2.75, 3.05) is 26.3 Å². The van der Waals surface area contributed by atoms with Crippen molar-refractivity contribution in [2.24, 2.45) is 0 Å². The molecule has 0 atom stereocenters. The second-order valence-electron chi connectivity index (χ2n) is 15.0. The fraction of sp³-hybridized carbons (Fsp3) is 0.941. The van der Waals surface area contributed by atoms with Crippen LogP contribution in [0.5, 0.6) is 0 Å². The van der Waals surface area contributed by atoms with E-state index in [2.05, 4.69) is 65.2 Å². The third kappa shape index (κ3) is 11.6. The molecule has 0 aromatic heterocycles. The van der Waals surface area contributed by atoms with Crippen LogP contribution in [0.15, 0.2) is 0 Å². The number of unbranched alkanes of at least 4 members (excludes halogenated alkanes) is 7. The quantitative estimate of drug-likeness (QED) is 0.132. The van der Waals surface area contributed by atoms with E-state index < -0.39 is 0 Å². The van der Waals surface area contributed by atoms with Crippen molar-refractivity contribution in [2.45, 2.75) is 180 Å². The zero-order valence-corrected chi connectivity index (χ0v) is 27.7. The van der Waals surface area contributed by atoms with E-state index in [1.165, 1.54) is 51.4 Å². The zero-order valence-electron chi connectivity index (χ0n) is 27.7. The molecule has 6 heteroatoms. The molecule has 0 unspecified atom stereocenters. The first kappa shape index (κ1) is 35.1. The average Bonchev–Trinajstić information content (AvgIpc) is 2.83. The normalized spacial score (nSPS) is 22.1. The maximum atomic E-state index is 12.2. The molecular weight excluding hydrogens is 500 g/mol. The van der Waals surface area contributed by atoms with E-state index in [0.717, 1.165) is 51.6 Å². The molecular formula is C34H64N2O4. The number of hydrogen-bond acceptors (Lipinski definition) is 6. The van der Waals surface area contributed by atoms with Gasteiger partial charge in [0, 0.05) is 48.1 Å². The summed E-state index contributed by atoms with van der Waals surface area (Å²) in [5.41, 5.74) is 0.664. The van der Waals surface area contributed by atoms with Crippen molar-refractivity contribution >= 4 is 11.9 Å². The number of carbonyl (C=O) groups excluding carboxylic acids is 2. The number of esters is 2. The van der Waals surface area contributed by atoms with Crippen LogP contribution in [0.1, 0.15) is 158 Å². The minimum absolute atomic E-state index is 0.0529. The maximum absolute atomic E-state index is 12.2. The molecule has 0 saturated carbocycles. The lowest BCUT2D eigenvalue weighted by Crippen LogP contribution is -2.59. The maximum Gasteiger partial charge on any atom is 0.305 e. The molecule has 2 aliphatic heterocycles. The van der Waals surface area contributed by atoms with Gasteiger partial charge in [-0.1, -0.05) is 38.5 Å². The second kappa shape index (κ2) is 15.9. The Morgan fingerprint density at radius 1 is 0.500 bits per heavy atom. The molecule has 0 aromatic rings. The lowest BCUT2D eigenvalue weighted by atomic mass is 9.80. The van der Waals surface area contributed by atoms with E-state index >= 15 is 0 Å². The van der Waals surface area contributed by atoms with Crippen LogP contribution < -0.4 is 0 Å². The van der Waals surface area contributed by atoms with Crippen molar-refractivity contribution < 1.29 is 19.1 Å². The van der Waals surface area contributed by atoms with Gasteiger partial charge in [-0.2, -0.15) is 0 Å². The highest BCUT2D eigenvalue weighted by Gasteiger charge is 2.41. The van der Waals surface area contributed by atoms with Crippen LogP contribution >= 0.6 is 0 Å². The predicted molar refractivity (Wildman–Crippen MR) is 166 cm³/mol. The van der Waals surface area contributed by atoms with E-state index in [1.807, 2.05) is 0 Å². The minimum atomic E-state index is -0.0529. The Kier molecular flexibility index (Phi) is 13.9. The van der Waals surface area contributed by atoms with Crippen molar-refractivity contribution in [1.82, 2.24) is 9.80 Å². The van der Waals surface area contributed by atoms with Crippen LogP contribution in [-0.4, -0.2) is 70.2 Å². The number of nitrogens with zero attached hydrogens (tertiary/aromatic N) is 2. The van der Waals surface area contributed by atoms with Gasteiger partial charge in [-0.05, 0) is 107 Å². The lowest BCUT2D eigenvalue weighted by molar-refractivity contribution is -0.146. The SMILES string of the molecule is CC1(C)CCCC(C)(C)N1CCOC(=O)CCCCCCCCCCC(=O)OCCN1C(C)(C)CCCC1(C)C. The first-order chi connectivity index (χ1) is 18.7. The Bertz CT molecular complexity index is 678. The molecule has 0 aliphatic carbocycles. The zero-order chi connectivity index (χ0) is 29.9. The lowest BCUT2D eigenvalue weighted by Gasteiger charge is -2.52. The van der Waals surface area contributed by atoms with E-state index in [-0.39, 0.29) is 34.1 Å². The fourth-order valence-electron chi connectivity index (χ4n) is 7.54. The average molecular weight is 565 g/mol. The van der Waals surface area contributed by atoms with Gasteiger partial charge in [-0.15, -0.1) is 0 Å². The summed E-state index contributed by atoms with van der Waals surface area (Å²) in [6.07, 6.45) is 17.1. The summed E-state index contributed by atoms with van der Waals surface area (Å²) in [5.74, 6) is -0.106. The standard InChI is InChI=1S/C34H64N2O4/c1-31(2)21-17-22-32(3,4)35(31)25-27-39-29(37)19-15-13-11-9-10-12-14-16-20-30(38)40-28-26-36-33(5,6)23-18-24-34(36,7)8/h9-28H2,1-8H3. The van der Waals surface area contributed by atoms with Gasteiger partial charge in [0.05, 0.1) is 0 Å². The van der Waals surface area contributed by atoms with Gasteiger partial charge >= 0.3 is 11.9 Å². The van der Waals surface area contributed by atoms with E-state index in [9.17, 15) is 9.59 Å². The van der Waals surface area contributed by atoms with Crippen LogP contribution in [0.3, 0.4) is 0 Å². The first-order valence-electron chi connectivity index (χ1n) is 16.5. The van der Waals surface area contributed by atoms with Crippen molar-refractivity contribution in [3.8, 4) is 0 Å². The van der Waals surface area contributed by atoms with Gasteiger partial charge in [0.15, 0.2) is 0 Å². The van der Waals surface area contributed by atoms with E-state index in [0.29, 0.717) is 26.1 Å². The Balaban J connectivity index is 1.42. The van der Waals surface area contributed by atoms with Gasteiger partial charge in [-0.3, -0.25) is 19.4 Å². The molecule has 0 radical (unpaired) electrons. The molecule has 0 amide bonds. The highest BCUT2D eigenvalue weighted by molar-refractivity contribution is 5.69. The topological polar surface area (TPSA) is 59.1 Å². The van der Waals surface area contributed by atoms with Crippen LogP contribution in [0.2, 0.25) is 0 Å². The molecule has 234 valence electrons. The van der Waals surface area contributed by atoms with Gasteiger partial charge < -0.3 is 9.47 Å². The number of rotatable bonds is 17. The second-order valence-corrected chi connectivity index (χ2v) is 15.0. The Morgan fingerprint density at radius 2 is 0.775 bits per heavy atom. The van der Waals surface area contributed by atoms with Gasteiger partial charge in [0.25, 0.3) is 0 Å². The summed E-state index contributed by atoms with van der Waals surface area (Å²) in [7, 11) is 0. The first-order valence-corrected chi connectivity index (χ1v) is 16.5. The van der Waals surface area contributed by atoms with E-state index in [1.54, 1.807) is 0 Å². The number of carbonyl (C=O) groups is 2. The summed E-state index contributed by atoms with van der Waals surface area (Å²) in [5, 5.41) is 0. The molecule has 2 heterocycles. The molecule has 40 heavy (non-hydrogen) atoms. The number of ether oxygens (including phenoxy) is 2. The number of likely N-dealkylation sites (tertiary alicyclic amines) is 2. The van der Waals surface area contributed by atoms with Crippen LogP contribution in [0.25, 0.3) is 0 Å². The smallest absolute Gasteiger partial charge is 0.305 e. The van der Waals surface area contributed by atoms with Crippen LogP contribution in [-0.2, 0) is 19.1 Å². The third-order valence-electron chi connectivity index (χ3n) is 9.74. The molecule has 0 spiro atoms. The Morgan fingerprint density at radius 3 is 1.07 bits per heavy atom. The summed E-state index contributed by atoms with van der Waals surface area (Å²) in [4.78, 5) is 29.4. The fourth-order valence-corrected chi connectivity index (χ4v) is 7.54. The summed E-state index contributed by atoms with van der Waals surface area (Å²) in [6.45, 7) is 21.1. The third-order valence-corrected chi connectivity index (χ3v) is 9.74. The van der Waals surface area contributed by atoms with Crippen molar-refractivity contribution in [3.63, 3.8) is 0 Å². The van der Waals surface area contributed by atoms with Gasteiger partial charge in [0.2, 0.25) is 0 Å². The molecule has 2 rings (SSSR count). The summed E-state index contributed by atoms with van der Waals surface area (Å²) in [6, 6.07) is 0. The molecule has 2 aliphatic rings. The van der Waals surface area contributed by atoms with Crippen LogP contribution in [0, 0.1) is 0 Å². The molecule has 2 fully saturated rings. The minimum Gasteiger partial charge on any atom is -0.464 e. The molecule has 0 bridgehead atoms. The molecule has 0 aromatic carbocycles. The van der Waals surface area contributed by atoms with Crippen molar-refractivity contribution in [3.05, 3.63) is 0 Å². The van der Waals surface area contributed by atoms with Gasteiger partial charge in [-0.25, -0.2) is 0 Å². The number of piperidine rings is 2. The largest absolute Gasteiger partial charge is 0.464 e. The highest BCUT2D eigenvalue weighted by atomic mass is 16.5. The van der Waals surface area contributed by atoms with E-state index in [4.69, 9.17) is 9.47 Å². The molecule has 0 N–H and O–H groups in total. The van der Waals surface area contributed by atoms with Crippen molar-refractivity contribution in [1.29, 1.82) is 0 Å². The summed E-state index contributed by atoms with van der Waals surface area (Å²) >= 11 is 0. The number of hydrogen-bond donors (Lipinski definition) is 0. The molecule has 6 nitrogen and oxygen atoms in total. The Hall–Kier alpha value is -1.14. The highest BCUT2D eigenvalue weighted by Crippen LogP contribution is 2.38. The predicted octanol–water partition coefficient (Wildman–Crippen LogP) is 8.06. The van der Waals surface area contributed by atoms with Crippen LogP contribution in [0.4, 0.5) is 0 Å². The van der Waals surface area contributed by atoms with Gasteiger partial charge in [0.1, 0.15) is 13.2 Å². The summed E-state index contributed by atoms with van der Waals surface area (Å²) < 4.78 is 11.2. The monoisotopic (exact) mass is 564 g/mol. The Labute approximate surface area is 247 Å².